The summed E-state index contributed by atoms with van der Waals surface area (Å²) in [5.41, 5.74) is 0. The highest BCUT2D eigenvalue weighted by molar-refractivity contribution is 7.12. The van der Waals surface area contributed by atoms with E-state index in [2.05, 4.69) is 5.32 Å². The summed E-state index contributed by atoms with van der Waals surface area (Å²) in [6, 6.07) is 3.26. The number of amides is 3. The number of rotatable bonds is 1. The van der Waals surface area contributed by atoms with E-state index in [-0.39, 0.29) is 11.9 Å². The highest BCUT2D eigenvalue weighted by Crippen LogP contribution is 2.11. The summed E-state index contributed by atoms with van der Waals surface area (Å²) in [5, 5.41) is 4.26. The molecule has 2 rings (SSSR count). The molecule has 0 radical (unpaired) electrons. The van der Waals surface area contributed by atoms with E-state index in [1.165, 1.54) is 24.2 Å². The number of thiophene rings is 1. The lowest BCUT2D eigenvalue weighted by Gasteiger charge is -2.19. The first-order valence-electron chi connectivity index (χ1n) is 5.91. The van der Waals surface area contributed by atoms with Gasteiger partial charge in [0.05, 0.1) is 4.88 Å². The topological polar surface area (TPSA) is 49.4 Å². The fourth-order valence-electron chi connectivity index (χ4n) is 1.92. The summed E-state index contributed by atoms with van der Waals surface area (Å²) in [6.45, 7) is 1.51. The van der Waals surface area contributed by atoms with Gasteiger partial charge in [0.15, 0.2) is 0 Å². The lowest BCUT2D eigenvalue weighted by Crippen LogP contribution is -2.43. The van der Waals surface area contributed by atoms with E-state index in [1.807, 2.05) is 5.38 Å². The first kappa shape index (κ1) is 12.1. The molecule has 0 aromatic carbocycles. The molecule has 92 valence electrons. The van der Waals surface area contributed by atoms with E-state index in [0.717, 1.165) is 25.9 Å². The molecule has 17 heavy (non-hydrogen) atoms. The Morgan fingerprint density at radius 1 is 1.18 bits per heavy atom. The third-order valence-corrected chi connectivity index (χ3v) is 3.73. The first-order valence-corrected chi connectivity index (χ1v) is 6.79. The van der Waals surface area contributed by atoms with E-state index in [4.69, 9.17) is 0 Å². The average Bonchev–Trinajstić information content (AvgIpc) is 2.71. The van der Waals surface area contributed by atoms with Crippen LogP contribution in [0, 0.1) is 0 Å². The van der Waals surface area contributed by atoms with E-state index < -0.39 is 0 Å². The number of hydrogen-bond donors (Lipinski definition) is 1. The third kappa shape index (κ3) is 3.30. The molecule has 0 bridgehead atoms. The van der Waals surface area contributed by atoms with Gasteiger partial charge in [0.1, 0.15) is 0 Å². The van der Waals surface area contributed by atoms with Crippen molar-refractivity contribution >= 4 is 23.3 Å². The molecular formula is C12H16N2O2S. The maximum Gasteiger partial charge on any atom is 0.324 e. The Hall–Kier alpha value is -1.36. The van der Waals surface area contributed by atoms with E-state index in [9.17, 15) is 9.59 Å². The van der Waals surface area contributed by atoms with Gasteiger partial charge < -0.3 is 4.90 Å². The summed E-state index contributed by atoms with van der Waals surface area (Å²) in [6.07, 6.45) is 4.40. The van der Waals surface area contributed by atoms with Gasteiger partial charge in [-0.2, -0.15) is 0 Å². The number of carbonyl (C=O) groups is 2. The Kier molecular flexibility index (Phi) is 4.14. The van der Waals surface area contributed by atoms with Gasteiger partial charge in [-0.15, -0.1) is 11.3 Å². The van der Waals surface area contributed by atoms with E-state index >= 15 is 0 Å². The zero-order chi connectivity index (χ0) is 12.1. The fourth-order valence-corrected chi connectivity index (χ4v) is 2.54. The van der Waals surface area contributed by atoms with Gasteiger partial charge in [-0.25, -0.2) is 4.79 Å². The SMILES string of the molecule is O=C(NC(=O)N1CCCCCC1)c1cccs1. The molecular weight excluding hydrogens is 236 g/mol. The van der Waals surface area contributed by atoms with Crippen LogP contribution in [0.1, 0.15) is 35.4 Å². The van der Waals surface area contributed by atoms with Gasteiger partial charge in [-0.05, 0) is 24.3 Å². The molecule has 0 atom stereocenters. The molecule has 0 unspecified atom stereocenters. The molecule has 1 fully saturated rings. The minimum Gasteiger partial charge on any atom is -0.324 e. The lowest BCUT2D eigenvalue weighted by atomic mass is 10.2. The monoisotopic (exact) mass is 252 g/mol. The molecule has 1 saturated heterocycles. The van der Waals surface area contributed by atoms with Crippen molar-refractivity contribution in [2.24, 2.45) is 0 Å². The minimum absolute atomic E-state index is 0.259. The van der Waals surface area contributed by atoms with Crippen molar-refractivity contribution < 1.29 is 9.59 Å². The number of nitrogens with zero attached hydrogens (tertiary/aromatic N) is 1. The van der Waals surface area contributed by atoms with Crippen LogP contribution in [0.2, 0.25) is 0 Å². The highest BCUT2D eigenvalue weighted by Gasteiger charge is 2.18. The molecule has 0 spiro atoms. The van der Waals surface area contributed by atoms with E-state index in [0.29, 0.717) is 4.88 Å². The maximum atomic E-state index is 11.9. The number of likely N-dealkylation sites (tertiary alicyclic amines) is 1. The molecule has 2 heterocycles. The normalized spacial score (nSPS) is 16.4. The third-order valence-electron chi connectivity index (χ3n) is 2.86. The van der Waals surface area contributed by atoms with Crippen LogP contribution in [0.5, 0.6) is 0 Å². The number of carbonyl (C=O) groups excluding carboxylic acids is 2. The zero-order valence-electron chi connectivity index (χ0n) is 9.65. The predicted molar refractivity (Wildman–Crippen MR) is 67.2 cm³/mol. The van der Waals surface area contributed by atoms with Crippen molar-refractivity contribution in [2.45, 2.75) is 25.7 Å². The van der Waals surface area contributed by atoms with Gasteiger partial charge >= 0.3 is 6.03 Å². The molecule has 5 heteroatoms. The number of urea groups is 1. The van der Waals surface area contributed by atoms with Crippen LogP contribution < -0.4 is 5.32 Å². The standard InChI is InChI=1S/C12H16N2O2S/c15-11(10-6-5-9-17-10)13-12(16)14-7-3-1-2-4-8-14/h5-6,9H,1-4,7-8H2,(H,13,15,16). The van der Waals surface area contributed by atoms with Crippen LogP contribution in [-0.2, 0) is 0 Å². The van der Waals surface area contributed by atoms with Crippen molar-refractivity contribution in [3.05, 3.63) is 22.4 Å². The van der Waals surface area contributed by atoms with E-state index in [1.54, 1.807) is 17.0 Å². The second-order valence-corrected chi connectivity index (χ2v) is 5.09. The molecule has 1 N–H and O–H groups in total. The number of hydrogen-bond acceptors (Lipinski definition) is 3. The molecule has 1 aromatic heterocycles. The molecule has 4 nitrogen and oxygen atoms in total. The predicted octanol–water partition coefficient (Wildman–Crippen LogP) is 2.47. The minimum atomic E-state index is -0.297. The smallest absolute Gasteiger partial charge is 0.324 e. The Morgan fingerprint density at radius 2 is 1.88 bits per heavy atom. The second-order valence-electron chi connectivity index (χ2n) is 4.14. The lowest BCUT2D eigenvalue weighted by molar-refractivity contribution is 0.0956. The van der Waals surface area contributed by atoms with Gasteiger partial charge in [-0.1, -0.05) is 18.9 Å². The highest BCUT2D eigenvalue weighted by atomic mass is 32.1. The molecule has 0 saturated carbocycles. The van der Waals surface area contributed by atoms with Crippen molar-refractivity contribution in [2.75, 3.05) is 13.1 Å². The summed E-state index contributed by atoms with van der Waals surface area (Å²) in [4.78, 5) is 25.9. The Bertz CT molecular complexity index is 381. The zero-order valence-corrected chi connectivity index (χ0v) is 10.5. The van der Waals surface area contributed by atoms with Crippen LogP contribution in [-0.4, -0.2) is 29.9 Å². The van der Waals surface area contributed by atoms with Gasteiger partial charge in [-0.3, -0.25) is 10.1 Å². The summed E-state index contributed by atoms with van der Waals surface area (Å²) < 4.78 is 0. The van der Waals surface area contributed by atoms with Crippen molar-refractivity contribution in [3.63, 3.8) is 0 Å². The van der Waals surface area contributed by atoms with Crippen LogP contribution in [0.25, 0.3) is 0 Å². The summed E-state index contributed by atoms with van der Waals surface area (Å²) >= 11 is 1.34. The Labute approximate surface area is 105 Å². The van der Waals surface area contributed by atoms with Gasteiger partial charge in [0.2, 0.25) is 0 Å². The number of imide groups is 1. The first-order chi connectivity index (χ1) is 8.27. The molecule has 0 aliphatic carbocycles. The molecule has 3 amide bonds. The molecule has 1 aliphatic heterocycles. The fraction of sp³-hybridized carbons (Fsp3) is 0.500. The maximum absolute atomic E-state index is 11.9. The molecule has 1 aliphatic rings. The largest absolute Gasteiger partial charge is 0.324 e. The van der Waals surface area contributed by atoms with Gasteiger partial charge in [0.25, 0.3) is 5.91 Å². The quantitative estimate of drug-likeness (QED) is 0.834. The van der Waals surface area contributed by atoms with Gasteiger partial charge in [0, 0.05) is 13.1 Å². The second kappa shape index (κ2) is 5.82. The Morgan fingerprint density at radius 3 is 2.47 bits per heavy atom. The molecule has 1 aromatic rings. The Balaban J connectivity index is 1.89. The van der Waals surface area contributed by atoms with Crippen LogP contribution in [0.15, 0.2) is 17.5 Å². The van der Waals surface area contributed by atoms with Crippen molar-refractivity contribution in [3.8, 4) is 0 Å². The average molecular weight is 252 g/mol. The summed E-state index contributed by atoms with van der Waals surface area (Å²) in [5.74, 6) is -0.297. The van der Waals surface area contributed by atoms with Crippen LogP contribution in [0.3, 0.4) is 0 Å². The van der Waals surface area contributed by atoms with Crippen molar-refractivity contribution in [1.29, 1.82) is 0 Å². The number of nitrogens with one attached hydrogen (secondary N) is 1. The van der Waals surface area contributed by atoms with Crippen molar-refractivity contribution in [1.82, 2.24) is 10.2 Å². The van der Waals surface area contributed by atoms with Crippen LogP contribution >= 0.6 is 11.3 Å². The summed E-state index contributed by atoms with van der Waals surface area (Å²) in [7, 11) is 0. The van der Waals surface area contributed by atoms with Crippen LogP contribution in [0.4, 0.5) is 4.79 Å².